The van der Waals surface area contributed by atoms with Gasteiger partial charge in [-0.2, -0.15) is 0 Å². The van der Waals surface area contributed by atoms with Crippen molar-refractivity contribution in [1.82, 2.24) is 14.8 Å². The number of halogens is 1. The number of aromatic nitrogens is 1. The monoisotopic (exact) mass is 447 g/mol. The second-order valence-corrected chi connectivity index (χ2v) is 9.29. The van der Waals surface area contributed by atoms with Gasteiger partial charge in [0.15, 0.2) is 0 Å². The zero-order valence-corrected chi connectivity index (χ0v) is 18.5. The molecule has 6 nitrogen and oxygen atoms in total. The highest BCUT2D eigenvalue weighted by Crippen LogP contribution is 2.45. The van der Waals surface area contributed by atoms with Crippen LogP contribution in [0.1, 0.15) is 55.0 Å². The van der Waals surface area contributed by atoms with Gasteiger partial charge < -0.3 is 9.72 Å². The number of amides is 3. The first-order valence-corrected chi connectivity index (χ1v) is 11.7. The lowest BCUT2D eigenvalue weighted by molar-refractivity contribution is -0.130. The van der Waals surface area contributed by atoms with Gasteiger partial charge in [-0.1, -0.05) is 31.4 Å². The van der Waals surface area contributed by atoms with Gasteiger partial charge in [0.1, 0.15) is 23.7 Å². The maximum atomic E-state index is 14.1. The zero-order valence-electron chi connectivity index (χ0n) is 18.5. The van der Waals surface area contributed by atoms with E-state index in [1.54, 1.807) is 18.1 Å². The maximum Gasteiger partial charge on any atom is 0.328 e. The fourth-order valence-corrected chi connectivity index (χ4v) is 5.92. The van der Waals surface area contributed by atoms with Crippen LogP contribution in [-0.2, 0) is 11.2 Å². The van der Waals surface area contributed by atoms with E-state index in [2.05, 4.69) is 4.98 Å². The lowest BCUT2D eigenvalue weighted by atomic mass is 9.88. The van der Waals surface area contributed by atoms with Gasteiger partial charge >= 0.3 is 6.03 Å². The predicted octanol–water partition coefficient (Wildman–Crippen LogP) is 4.93. The van der Waals surface area contributed by atoms with Gasteiger partial charge in [-0.3, -0.25) is 14.6 Å². The van der Waals surface area contributed by atoms with Gasteiger partial charge in [0, 0.05) is 29.1 Å². The number of rotatable bonds is 3. The van der Waals surface area contributed by atoms with Crippen molar-refractivity contribution in [2.24, 2.45) is 0 Å². The molecule has 1 aromatic heterocycles. The third-order valence-electron chi connectivity index (χ3n) is 7.51. The van der Waals surface area contributed by atoms with Crippen molar-refractivity contribution in [3.8, 4) is 5.75 Å². The molecule has 2 aromatic carbocycles. The summed E-state index contributed by atoms with van der Waals surface area (Å²) in [6.07, 6.45) is 5.35. The molecule has 170 valence electrons. The third-order valence-corrected chi connectivity index (χ3v) is 7.51. The molecule has 2 fully saturated rings. The summed E-state index contributed by atoms with van der Waals surface area (Å²) in [5.41, 5.74) is 3.47. The van der Waals surface area contributed by atoms with Crippen molar-refractivity contribution < 1.29 is 18.7 Å². The van der Waals surface area contributed by atoms with E-state index >= 15 is 0 Å². The summed E-state index contributed by atoms with van der Waals surface area (Å²) in [5.74, 6) is 0.282. The molecule has 1 aliphatic carbocycles. The smallest absolute Gasteiger partial charge is 0.328 e. The van der Waals surface area contributed by atoms with E-state index in [9.17, 15) is 14.0 Å². The number of benzene rings is 2. The Morgan fingerprint density at radius 1 is 1.03 bits per heavy atom. The molecular weight excluding hydrogens is 421 g/mol. The number of carbonyl (C=O) groups excluding carboxylic acids is 2. The van der Waals surface area contributed by atoms with Crippen LogP contribution in [0.2, 0.25) is 0 Å². The minimum Gasteiger partial charge on any atom is -0.497 e. The number of imide groups is 1. The van der Waals surface area contributed by atoms with Crippen molar-refractivity contribution in [2.75, 3.05) is 7.11 Å². The van der Waals surface area contributed by atoms with Crippen molar-refractivity contribution >= 4 is 22.8 Å². The van der Waals surface area contributed by atoms with Crippen molar-refractivity contribution in [3.63, 3.8) is 0 Å². The SMILES string of the molecule is COc1ccc(C2c3[nH]c4ccc(F)cc4c3CC3C(=O)N(C4CCCCC4)C(=O)N32)cc1. The molecule has 2 atom stereocenters. The molecule has 1 N–H and O–H groups in total. The number of methoxy groups -OCH3 is 1. The number of ether oxygens (including phenoxy) is 1. The van der Waals surface area contributed by atoms with Crippen molar-refractivity contribution in [1.29, 1.82) is 0 Å². The second-order valence-electron chi connectivity index (χ2n) is 9.29. The third kappa shape index (κ3) is 3.05. The van der Waals surface area contributed by atoms with Crippen LogP contribution >= 0.6 is 0 Å². The van der Waals surface area contributed by atoms with Crippen LogP contribution in [0.3, 0.4) is 0 Å². The van der Waals surface area contributed by atoms with E-state index in [0.29, 0.717) is 6.42 Å². The standard InChI is InChI=1S/C26H26FN3O3/c1-33-18-10-7-15(8-11-18)24-23-20(19-13-16(27)9-12-21(19)28-23)14-22-25(31)29(26(32)30(22)24)17-5-3-2-4-6-17/h7-13,17,22,24,28H,2-6,14H2,1H3. The highest BCUT2D eigenvalue weighted by molar-refractivity contribution is 6.06. The highest BCUT2D eigenvalue weighted by Gasteiger charge is 2.54. The molecule has 6 rings (SSSR count). The number of hydrogen-bond acceptors (Lipinski definition) is 3. The first-order valence-electron chi connectivity index (χ1n) is 11.7. The van der Waals surface area contributed by atoms with Crippen LogP contribution in [0.5, 0.6) is 5.75 Å². The van der Waals surface area contributed by atoms with E-state index in [4.69, 9.17) is 4.74 Å². The highest BCUT2D eigenvalue weighted by atomic mass is 19.1. The fourth-order valence-electron chi connectivity index (χ4n) is 5.92. The Morgan fingerprint density at radius 2 is 1.79 bits per heavy atom. The summed E-state index contributed by atoms with van der Waals surface area (Å²) in [6.45, 7) is 0. The topological polar surface area (TPSA) is 65.6 Å². The number of hydrogen-bond donors (Lipinski definition) is 1. The Kier molecular flexibility index (Phi) is 4.67. The molecular formula is C26H26FN3O3. The Balaban J connectivity index is 1.50. The number of carbonyl (C=O) groups is 2. The van der Waals surface area contributed by atoms with Gasteiger partial charge in [0.25, 0.3) is 5.91 Å². The zero-order chi connectivity index (χ0) is 22.7. The van der Waals surface area contributed by atoms with Crippen LogP contribution in [-0.4, -0.2) is 45.9 Å². The predicted molar refractivity (Wildman–Crippen MR) is 122 cm³/mol. The molecule has 1 saturated carbocycles. The molecule has 3 heterocycles. The van der Waals surface area contributed by atoms with Gasteiger partial charge in [-0.15, -0.1) is 0 Å². The summed E-state index contributed by atoms with van der Waals surface area (Å²) in [4.78, 5) is 34.1. The molecule has 2 unspecified atom stereocenters. The fraction of sp³-hybridized carbons (Fsp3) is 0.385. The maximum absolute atomic E-state index is 14.1. The van der Waals surface area contributed by atoms with Gasteiger partial charge in [-0.25, -0.2) is 9.18 Å². The van der Waals surface area contributed by atoms with Gasteiger partial charge in [-0.05, 0) is 54.3 Å². The Hall–Kier alpha value is -3.35. The molecule has 3 amide bonds. The minimum atomic E-state index is -0.582. The Labute approximate surface area is 191 Å². The normalized spacial score (nSPS) is 23.2. The van der Waals surface area contributed by atoms with E-state index in [0.717, 1.165) is 65.6 Å². The number of aromatic amines is 1. The molecule has 3 aromatic rings. The van der Waals surface area contributed by atoms with Crippen molar-refractivity contribution in [3.05, 3.63) is 65.1 Å². The van der Waals surface area contributed by atoms with Gasteiger partial charge in [0.05, 0.1) is 7.11 Å². The lowest BCUT2D eigenvalue weighted by Crippen LogP contribution is -2.44. The molecule has 3 aliphatic rings. The number of urea groups is 1. The molecule has 0 bridgehead atoms. The number of nitrogens with zero attached hydrogens (tertiary/aromatic N) is 2. The van der Waals surface area contributed by atoms with E-state index in [1.807, 2.05) is 24.3 Å². The molecule has 33 heavy (non-hydrogen) atoms. The summed E-state index contributed by atoms with van der Waals surface area (Å²) in [7, 11) is 1.61. The average molecular weight is 448 g/mol. The first-order chi connectivity index (χ1) is 16.1. The Morgan fingerprint density at radius 3 is 2.52 bits per heavy atom. The summed E-state index contributed by atoms with van der Waals surface area (Å²) < 4.78 is 19.4. The molecule has 7 heteroatoms. The van der Waals surface area contributed by atoms with E-state index < -0.39 is 12.1 Å². The number of H-pyrrole nitrogens is 1. The Bertz CT molecular complexity index is 1250. The van der Waals surface area contributed by atoms with E-state index in [1.165, 1.54) is 17.0 Å². The molecule has 0 spiro atoms. The first kappa shape index (κ1) is 20.3. The van der Waals surface area contributed by atoms with Crippen LogP contribution in [0, 0.1) is 5.82 Å². The van der Waals surface area contributed by atoms with E-state index in [-0.39, 0.29) is 23.8 Å². The van der Waals surface area contributed by atoms with Gasteiger partial charge in [0.2, 0.25) is 0 Å². The number of nitrogens with one attached hydrogen (secondary N) is 1. The molecule has 2 aliphatic heterocycles. The van der Waals surface area contributed by atoms with Crippen LogP contribution in [0.15, 0.2) is 42.5 Å². The van der Waals surface area contributed by atoms with Crippen LogP contribution in [0.25, 0.3) is 10.9 Å². The second kappa shape index (κ2) is 7.61. The van der Waals surface area contributed by atoms with Crippen molar-refractivity contribution in [2.45, 2.75) is 56.7 Å². The minimum absolute atomic E-state index is 0.0339. The number of fused-ring (bicyclic) bond motifs is 4. The molecule has 0 radical (unpaired) electrons. The van der Waals surface area contributed by atoms with Crippen LogP contribution in [0.4, 0.5) is 9.18 Å². The quantitative estimate of drug-likeness (QED) is 0.579. The lowest BCUT2D eigenvalue weighted by Gasteiger charge is -2.36. The average Bonchev–Trinajstić information content (AvgIpc) is 3.32. The summed E-state index contributed by atoms with van der Waals surface area (Å²) >= 11 is 0. The van der Waals surface area contributed by atoms with Crippen LogP contribution < -0.4 is 4.74 Å². The largest absolute Gasteiger partial charge is 0.497 e. The summed E-state index contributed by atoms with van der Waals surface area (Å²) in [5, 5.41) is 0.777. The molecule has 1 saturated heterocycles. The summed E-state index contributed by atoms with van der Waals surface area (Å²) in [6, 6.07) is 11.0.